The second kappa shape index (κ2) is 10.2. The van der Waals surface area contributed by atoms with Crippen molar-refractivity contribution >= 4 is 17.5 Å². The van der Waals surface area contributed by atoms with Gasteiger partial charge in [-0.1, -0.05) is 30.3 Å². The number of amides is 2. The molecule has 4 rings (SSSR count). The zero-order valence-electron chi connectivity index (χ0n) is 18.2. The number of piperidine rings is 1. The maximum absolute atomic E-state index is 12.6. The van der Waals surface area contributed by atoms with Crippen molar-refractivity contribution in [1.82, 2.24) is 34.9 Å². The Morgan fingerprint density at radius 1 is 1.16 bits per heavy atom. The molecule has 1 aliphatic heterocycles. The summed E-state index contributed by atoms with van der Waals surface area (Å²) < 4.78 is 1.77. The molecule has 1 fully saturated rings. The summed E-state index contributed by atoms with van der Waals surface area (Å²) in [7, 11) is 0. The summed E-state index contributed by atoms with van der Waals surface area (Å²) in [4.78, 5) is 28.5. The predicted octanol–water partition coefficient (Wildman–Crippen LogP) is 2.21. The van der Waals surface area contributed by atoms with Crippen molar-refractivity contribution in [1.29, 1.82) is 0 Å². The average Bonchev–Trinajstić information content (AvgIpc) is 3.49. The van der Waals surface area contributed by atoms with Crippen LogP contribution in [0.4, 0.5) is 5.69 Å². The molecule has 1 aliphatic rings. The molecule has 0 atom stereocenters. The van der Waals surface area contributed by atoms with E-state index >= 15 is 0 Å². The van der Waals surface area contributed by atoms with Gasteiger partial charge in [-0.15, -0.1) is 10.2 Å². The zero-order chi connectivity index (χ0) is 22.3. The van der Waals surface area contributed by atoms with E-state index in [1.54, 1.807) is 10.9 Å². The normalized spacial score (nSPS) is 14.5. The number of hydrogen-bond donors (Lipinski definition) is 1. The van der Waals surface area contributed by atoms with Crippen LogP contribution in [0.3, 0.4) is 0 Å². The number of carbonyl (C=O) groups is 2. The summed E-state index contributed by atoms with van der Waals surface area (Å²) in [5.41, 5.74) is 1.63. The van der Waals surface area contributed by atoms with E-state index in [2.05, 4.69) is 25.8 Å². The van der Waals surface area contributed by atoms with E-state index in [4.69, 9.17) is 0 Å². The molecule has 1 aromatic carbocycles. The minimum Gasteiger partial charge on any atom is -0.343 e. The third kappa shape index (κ3) is 5.37. The number of hydrogen-bond acceptors (Lipinski definition) is 6. The Bertz CT molecular complexity index is 1040. The molecular weight excluding hydrogens is 408 g/mol. The van der Waals surface area contributed by atoms with Gasteiger partial charge in [0.1, 0.15) is 0 Å². The molecule has 2 aromatic heterocycles. The molecule has 32 heavy (non-hydrogen) atoms. The number of rotatable bonds is 8. The van der Waals surface area contributed by atoms with Crippen LogP contribution in [0.5, 0.6) is 0 Å². The maximum Gasteiger partial charge on any atom is 0.227 e. The molecule has 0 aliphatic carbocycles. The first-order valence-corrected chi connectivity index (χ1v) is 11.1. The lowest BCUT2D eigenvalue weighted by molar-refractivity contribution is -0.134. The van der Waals surface area contributed by atoms with Gasteiger partial charge in [-0.05, 0) is 31.4 Å². The van der Waals surface area contributed by atoms with Crippen LogP contribution in [0, 0.1) is 5.92 Å². The van der Waals surface area contributed by atoms with Crippen molar-refractivity contribution in [2.45, 2.75) is 45.7 Å². The van der Waals surface area contributed by atoms with Crippen molar-refractivity contribution in [3.8, 4) is 11.4 Å². The summed E-state index contributed by atoms with van der Waals surface area (Å²) in [5, 5.41) is 19.6. The Labute approximate surface area is 186 Å². The molecule has 1 saturated heterocycles. The SMILES string of the molecule is CCn1cc(NC(=O)C2CCN(C(=O)CCCn3nnc(-c4ccccc4)n3)CC2)cn1. The quantitative estimate of drug-likeness (QED) is 0.580. The largest absolute Gasteiger partial charge is 0.343 e. The molecule has 0 unspecified atom stereocenters. The summed E-state index contributed by atoms with van der Waals surface area (Å²) >= 11 is 0. The second-order valence-corrected chi connectivity index (χ2v) is 7.91. The fraction of sp³-hybridized carbons (Fsp3) is 0.455. The highest BCUT2D eigenvalue weighted by atomic mass is 16.2. The highest BCUT2D eigenvalue weighted by Crippen LogP contribution is 2.20. The van der Waals surface area contributed by atoms with Gasteiger partial charge < -0.3 is 10.2 Å². The fourth-order valence-corrected chi connectivity index (χ4v) is 3.81. The van der Waals surface area contributed by atoms with Crippen molar-refractivity contribution in [2.24, 2.45) is 5.92 Å². The molecule has 1 N–H and O–H groups in total. The number of benzene rings is 1. The molecule has 0 bridgehead atoms. The second-order valence-electron chi connectivity index (χ2n) is 7.91. The summed E-state index contributed by atoms with van der Waals surface area (Å²) in [5.74, 6) is 0.606. The van der Waals surface area contributed by atoms with E-state index in [9.17, 15) is 9.59 Å². The lowest BCUT2D eigenvalue weighted by Gasteiger charge is -2.31. The van der Waals surface area contributed by atoms with E-state index in [-0.39, 0.29) is 17.7 Å². The van der Waals surface area contributed by atoms with Crippen LogP contribution in [0.15, 0.2) is 42.7 Å². The first-order chi connectivity index (χ1) is 15.6. The van der Waals surface area contributed by atoms with E-state index in [0.717, 1.165) is 12.1 Å². The summed E-state index contributed by atoms with van der Waals surface area (Å²) in [6.45, 7) is 4.50. The van der Waals surface area contributed by atoms with Gasteiger partial charge in [-0.3, -0.25) is 14.3 Å². The van der Waals surface area contributed by atoms with E-state index in [1.165, 1.54) is 4.80 Å². The van der Waals surface area contributed by atoms with E-state index in [1.807, 2.05) is 48.4 Å². The van der Waals surface area contributed by atoms with Crippen molar-refractivity contribution in [3.63, 3.8) is 0 Å². The molecule has 168 valence electrons. The number of nitrogens with zero attached hydrogens (tertiary/aromatic N) is 7. The molecular formula is C22H28N8O2. The number of tetrazole rings is 1. The minimum absolute atomic E-state index is 0.000714. The van der Waals surface area contributed by atoms with Crippen LogP contribution in [-0.2, 0) is 22.7 Å². The van der Waals surface area contributed by atoms with Crippen molar-refractivity contribution in [3.05, 3.63) is 42.7 Å². The highest BCUT2D eigenvalue weighted by Gasteiger charge is 2.27. The average molecular weight is 437 g/mol. The minimum atomic E-state index is -0.0835. The van der Waals surface area contributed by atoms with Crippen LogP contribution < -0.4 is 5.32 Å². The molecule has 0 saturated carbocycles. The lowest BCUT2D eigenvalue weighted by atomic mass is 9.95. The Morgan fingerprint density at radius 3 is 2.66 bits per heavy atom. The topological polar surface area (TPSA) is 111 Å². The first-order valence-electron chi connectivity index (χ1n) is 11.1. The van der Waals surface area contributed by atoms with Gasteiger partial charge in [0, 0.05) is 43.7 Å². The van der Waals surface area contributed by atoms with Gasteiger partial charge in [0.2, 0.25) is 17.6 Å². The van der Waals surface area contributed by atoms with Crippen LogP contribution in [-0.4, -0.2) is 59.8 Å². The number of carbonyl (C=O) groups excluding carboxylic acids is 2. The summed E-state index contributed by atoms with van der Waals surface area (Å²) in [6, 6.07) is 9.68. The maximum atomic E-state index is 12.6. The third-order valence-corrected chi connectivity index (χ3v) is 5.68. The molecule has 2 amide bonds. The number of likely N-dealkylation sites (tertiary alicyclic amines) is 1. The first kappa shape index (κ1) is 21.7. The van der Waals surface area contributed by atoms with E-state index in [0.29, 0.717) is 56.8 Å². The van der Waals surface area contributed by atoms with Crippen LogP contribution >= 0.6 is 0 Å². The Hall–Kier alpha value is -3.56. The number of aromatic nitrogens is 6. The Morgan fingerprint density at radius 2 is 1.94 bits per heavy atom. The van der Waals surface area contributed by atoms with Gasteiger partial charge in [-0.2, -0.15) is 9.90 Å². The fourth-order valence-electron chi connectivity index (χ4n) is 3.81. The molecule has 3 heterocycles. The van der Waals surface area contributed by atoms with Gasteiger partial charge in [0.25, 0.3) is 0 Å². The van der Waals surface area contributed by atoms with Crippen LogP contribution in [0.1, 0.15) is 32.6 Å². The zero-order valence-corrected chi connectivity index (χ0v) is 18.2. The van der Waals surface area contributed by atoms with Crippen molar-refractivity contribution in [2.75, 3.05) is 18.4 Å². The van der Waals surface area contributed by atoms with Gasteiger partial charge in [0.05, 0.1) is 18.4 Å². The predicted molar refractivity (Wildman–Crippen MR) is 118 cm³/mol. The Balaban J connectivity index is 1.18. The monoisotopic (exact) mass is 436 g/mol. The molecule has 3 aromatic rings. The van der Waals surface area contributed by atoms with Gasteiger partial charge in [-0.25, -0.2) is 0 Å². The van der Waals surface area contributed by atoms with Gasteiger partial charge in [0.15, 0.2) is 0 Å². The number of nitrogens with one attached hydrogen (secondary N) is 1. The standard InChI is InChI=1S/C22H28N8O2/c1-2-29-16-19(15-23-29)24-22(32)18-10-13-28(14-11-18)20(31)9-6-12-30-26-21(25-27-30)17-7-4-3-5-8-17/h3-5,7-8,15-16,18H,2,6,9-14H2,1H3,(H,24,32). The molecule has 0 radical (unpaired) electrons. The van der Waals surface area contributed by atoms with Gasteiger partial charge >= 0.3 is 0 Å². The molecule has 10 nitrogen and oxygen atoms in total. The van der Waals surface area contributed by atoms with Crippen LogP contribution in [0.2, 0.25) is 0 Å². The molecule has 0 spiro atoms. The molecule has 10 heteroatoms. The summed E-state index contributed by atoms with van der Waals surface area (Å²) in [6.07, 6.45) is 5.89. The van der Waals surface area contributed by atoms with Crippen LogP contribution in [0.25, 0.3) is 11.4 Å². The lowest BCUT2D eigenvalue weighted by Crippen LogP contribution is -2.41. The smallest absolute Gasteiger partial charge is 0.227 e. The third-order valence-electron chi connectivity index (χ3n) is 5.68. The number of anilines is 1. The van der Waals surface area contributed by atoms with Crippen molar-refractivity contribution < 1.29 is 9.59 Å². The number of aryl methyl sites for hydroxylation is 2. The highest BCUT2D eigenvalue weighted by molar-refractivity contribution is 5.92. The Kier molecular flexibility index (Phi) is 6.88. The van der Waals surface area contributed by atoms with E-state index < -0.39 is 0 Å².